The third-order valence-electron chi connectivity index (χ3n) is 2.61. The molecule has 6 heteroatoms. The minimum atomic E-state index is -0.992. The van der Waals surface area contributed by atoms with Gasteiger partial charge < -0.3 is 11.5 Å². The maximum atomic E-state index is 11.7. The average Bonchev–Trinajstić information content (AvgIpc) is 2.09. The summed E-state index contributed by atoms with van der Waals surface area (Å²) in [6, 6.07) is -0.992. The summed E-state index contributed by atoms with van der Waals surface area (Å²) in [6.07, 6.45) is 0.564. The van der Waals surface area contributed by atoms with Gasteiger partial charge in [-0.1, -0.05) is 13.8 Å². The van der Waals surface area contributed by atoms with E-state index in [4.69, 9.17) is 11.5 Å². The van der Waals surface area contributed by atoms with Crippen molar-refractivity contribution in [3.63, 3.8) is 0 Å². The Labute approximate surface area is 93.9 Å². The van der Waals surface area contributed by atoms with Crippen LogP contribution in [0.3, 0.4) is 0 Å². The molecule has 1 fully saturated rings. The number of rotatable bonds is 3. The van der Waals surface area contributed by atoms with Crippen molar-refractivity contribution < 1.29 is 14.4 Å². The molecular weight excluding hydrogens is 210 g/mol. The van der Waals surface area contributed by atoms with E-state index in [0.29, 0.717) is 0 Å². The van der Waals surface area contributed by atoms with Crippen molar-refractivity contribution in [1.29, 1.82) is 0 Å². The average molecular weight is 227 g/mol. The maximum absolute atomic E-state index is 11.7. The smallest absolute Gasteiger partial charge is 0.236 e. The summed E-state index contributed by atoms with van der Waals surface area (Å²) >= 11 is 0. The van der Waals surface area contributed by atoms with Crippen LogP contribution in [0.5, 0.6) is 0 Å². The summed E-state index contributed by atoms with van der Waals surface area (Å²) in [5.41, 5.74) is 10.1. The Hall–Kier alpha value is -1.43. The van der Waals surface area contributed by atoms with Crippen LogP contribution in [-0.2, 0) is 14.4 Å². The number of carbonyl (C=O) groups is 3. The summed E-state index contributed by atoms with van der Waals surface area (Å²) in [7, 11) is 0. The van der Waals surface area contributed by atoms with E-state index in [2.05, 4.69) is 0 Å². The third-order valence-corrected chi connectivity index (χ3v) is 2.61. The molecule has 0 radical (unpaired) electrons. The van der Waals surface area contributed by atoms with Crippen LogP contribution in [0.25, 0.3) is 0 Å². The monoisotopic (exact) mass is 227 g/mol. The van der Waals surface area contributed by atoms with Gasteiger partial charge >= 0.3 is 0 Å². The highest BCUT2D eigenvalue weighted by atomic mass is 16.2. The van der Waals surface area contributed by atoms with Gasteiger partial charge in [0.05, 0.1) is 6.54 Å². The molecule has 0 spiro atoms. The van der Waals surface area contributed by atoms with Gasteiger partial charge in [-0.25, -0.2) is 0 Å². The molecule has 1 heterocycles. The third kappa shape index (κ3) is 2.79. The predicted molar refractivity (Wildman–Crippen MR) is 56.9 cm³/mol. The second-order valence-corrected chi connectivity index (χ2v) is 4.92. The lowest BCUT2D eigenvalue weighted by Gasteiger charge is -2.35. The molecule has 0 aromatic heterocycles. The lowest BCUT2D eigenvalue weighted by Crippen LogP contribution is -2.53. The number of piperidine rings is 1. The van der Waals surface area contributed by atoms with E-state index < -0.39 is 11.9 Å². The minimum absolute atomic E-state index is 0.122. The number of nitrogens with two attached hydrogens (primary N) is 2. The molecule has 4 N–H and O–H groups in total. The number of amides is 3. The van der Waals surface area contributed by atoms with Crippen LogP contribution in [-0.4, -0.2) is 35.2 Å². The fourth-order valence-corrected chi connectivity index (χ4v) is 1.70. The first-order valence-corrected chi connectivity index (χ1v) is 5.11. The van der Waals surface area contributed by atoms with E-state index >= 15 is 0 Å². The molecule has 1 aliphatic rings. The lowest BCUT2D eigenvalue weighted by atomic mass is 9.81. The quantitative estimate of drug-likeness (QED) is 0.601. The molecule has 1 aliphatic heterocycles. The highest BCUT2D eigenvalue weighted by Gasteiger charge is 2.38. The zero-order chi connectivity index (χ0) is 12.5. The highest BCUT2D eigenvalue weighted by Crippen LogP contribution is 2.31. The van der Waals surface area contributed by atoms with Crippen molar-refractivity contribution in [2.45, 2.75) is 32.7 Å². The Bertz CT molecular complexity index is 318. The van der Waals surface area contributed by atoms with Crippen molar-refractivity contribution in [2.75, 3.05) is 6.54 Å². The predicted octanol–water partition coefficient (Wildman–Crippen LogP) is -1.03. The molecule has 1 unspecified atom stereocenters. The van der Waals surface area contributed by atoms with Gasteiger partial charge in [0.2, 0.25) is 17.7 Å². The standard InChI is InChI=1S/C10H17N3O3/c1-10(2)3-7(14)13(8(15)4-10)5-6(11)9(12)16/h6H,3-5,11H2,1-2H3,(H2,12,16). The Morgan fingerprint density at radius 3 is 2.19 bits per heavy atom. The van der Waals surface area contributed by atoms with Crippen LogP contribution in [0, 0.1) is 5.41 Å². The first-order valence-electron chi connectivity index (χ1n) is 5.11. The molecule has 90 valence electrons. The van der Waals surface area contributed by atoms with E-state index in [9.17, 15) is 14.4 Å². The number of hydrogen-bond acceptors (Lipinski definition) is 4. The molecule has 16 heavy (non-hydrogen) atoms. The van der Waals surface area contributed by atoms with Gasteiger partial charge in [0.15, 0.2) is 0 Å². The first-order chi connectivity index (χ1) is 7.23. The van der Waals surface area contributed by atoms with Gasteiger partial charge in [-0.3, -0.25) is 19.3 Å². The van der Waals surface area contributed by atoms with Gasteiger partial charge in [0.25, 0.3) is 0 Å². The van der Waals surface area contributed by atoms with Gasteiger partial charge in [-0.2, -0.15) is 0 Å². The minimum Gasteiger partial charge on any atom is -0.368 e. The maximum Gasteiger partial charge on any atom is 0.236 e. The van der Waals surface area contributed by atoms with E-state index in [1.807, 2.05) is 13.8 Å². The number of nitrogens with zero attached hydrogens (tertiary/aromatic N) is 1. The first kappa shape index (κ1) is 12.6. The number of hydrogen-bond donors (Lipinski definition) is 2. The van der Waals surface area contributed by atoms with Crippen molar-refractivity contribution >= 4 is 17.7 Å². The Kier molecular flexibility index (Phi) is 3.32. The summed E-state index contributed by atoms with van der Waals surface area (Å²) in [5, 5.41) is 0. The van der Waals surface area contributed by atoms with Gasteiger partial charge in [0, 0.05) is 12.8 Å². The van der Waals surface area contributed by atoms with E-state index in [1.165, 1.54) is 0 Å². The van der Waals surface area contributed by atoms with Crippen LogP contribution >= 0.6 is 0 Å². The van der Waals surface area contributed by atoms with Gasteiger partial charge in [-0.05, 0) is 5.41 Å². The second kappa shape index (κ2) is 4.21. The molecule has 0 aliphatic carbocycles. The molecule has 1 rings (SSSR count). The molecule has 0 saturated carbocycles. The fourth-order valence-electron chi connectivity index (χ4n) is 1.70. The molecule has 1 saturated heterocycles. The Morgan fingerprint density at radius 2 is 1.81 bits per heavy atom. The number of primary amides is 1. The van der Waals surface area contributed by atoms with E-state index in [1.54, 1.807) is 0 Å². The van der Waals surface area contributed by atoms with Crippen LogP contribution in [0.2, 0.25) is 0 Å². The zero-order valence-corrected chi connectivity index (χ0v) is 9.53. The van der Waals surface area contributed by atoms with Crippen molar-refractivity contribution in [1.82, 2.24) is 4.90 Å². The largest absolute Gasteiger partial charge is 0.368 e. The number of imide groups is 1. The fraction of sp³-hybridized carbons (Fsp3) is 0.700. The summed E-state index contributed by atoms with van der Waals surface area (Å²) in [4.78, 5) is 35.1. The lowest BCUT2D eigenvalue weighted by molar-refractivity contribution is -0.152. The van der Waals surface area contributed by atoms with E-state index in [0.717, 1.165) is 4.90 Å². The highest BCUT2D eigenvalue weighted by molar-refractivity contribution is 5.99. The molecular formula is C10H17N3O3. The summed E-state index contributed by atoms with van der Waals surface area (Å²) in [5.74, 6) is -1.30. The van der Waals surface area contributed by atoms with Crippen LogP contribution in [0.4, 0.5) is 0 Å². The summed E-state index contributed by atoms with van der Waals surface area (Å²) in [6.45, 7) is 3.59. The zero-order valence-electron chi connectivity index (χ0n) is 9.53. The topological polar surface area (TPSA) is 106 Å². The van der Waals surface area contributed by atoms with Crippen molar-refractivity contribution in [3.8, 4) is 0 Å². The van der Waals surface area contributed by atoms with Crippen molar-refractivity contribution in [3.05, 3.63) is 0 Å². The number of carbonyl (C=O) groups excluding carboxylic acids is 3. The second-order valence-electron chi connectivity index (χ2n) is 4.92. The van der Waals surface area contributed by atoms with Crippen LogP contribution < -0.4 is 11.5 Å². The van der Waals surface area contributed by atoms with Crippen LogP contribution in [0.1, 0.15) is 26.7 Å². The molecule has 0 bridgehead atoms. The Morgan fingerprint density at radius 1 is 1.38 bits per heavy atom. The van der Waals surface area contributed by atoms with E-state index in [-0.39, 0.29) is 36.6 Å². The van der Waals surface area contributed by atoms with Gasteiger partial charge in [-0.15, -0.1) is 0 Å². The van der Waals surface area contributed by atoms with Crippen molar-refractivity contribution in [2.24, 2.45) is 16.9 Å². The normalized spacial score (nSPS) is 22.1. The summed E-state index contributed by atoms with van der Waals surface area (Å²) < 4.78 is 0. The Balaban J connectivity index is 2.72. The van der Waals surface area contributed by atoms with Crippen LogP contribution in [0.15, 0.2) is 0 Å². The molecule has 0 aromatic rings. The number of likely N-dealkylation sites (tertiary alicyclic amines) is 1. The molecule has 6 nitrogen and oxygen atoms in total. The van der Waals surface area contributed by atoms with Gasteiger partial charge in [0.1, 0.15) is 6.04 Å². The molecule has 1 atom stereocenters. The SMILES string of the molecule is CC1(C)CC(=O)N(CC(N)C(N)=O)C(=O)C1. The molecule has 3 amide bonds. The molecule has 0 aromatic carbocycles.